The number of hydrogen-bond acceptors (Lipinski definition) is 3. The highest BCUT2D eigenvalue weighted by molar-refractivity contribution is 5.37. The molecule has 1 fully saturated rings. The molecule has 0 aromatic heterocycles. The van der Waals surface area contributed by atoms with Crippen molar-refractivity contribution in [1.82, 2.24) is 10.2 Å². The molecule has 1 N–H and O–H groups in total. The van der Waals surface area contributed by atoms with Crippen LogP contribution in [0.25, 0.3) is 0 Å². The van der Waals surface area contributed by atoms with Crippen LogP contribution in [0.5, 0.6) is 0 Å². The predicted octanol–water partition coefficient (Wildman–Crippen LogP) is 1.88. The number of hydrogen-bond donors (Lipinski definition) is 1. The van der Waals surface area contributed by atoms with Gasteiger partial charge in [0.05, 0.1) is 11.6 Å². The maximum absolute atomic E-state index is 13.1. The molecule has 4 heteroatoms. The van der Waals surface area contributed by atoms with Gasteiger partial charge in [-0.15, -0.1) is 0 Å². The van der Waals surface area contributed by atoms with Gasteiger partial charge in [-0.2, -0.15) is 5.26 Å². The summed E-state index contributed by atoms with van der Waals surface area (Å²) in [6, 6.07) is 6.95. The Labute approximate surface area is 107 Å². The molecule has 0 bridgehead atoms. The van der Waals surface area contributed by atoms with Gasteiger partial charge < -0.3 is 10.2 Å². The fourth-order valence-corrected chi connectivity index (χ4v) is 2.43. The minimum Gasteiger partial charge on any atom is -0.311 e. The second-order valence-electron chi connectivity index (χ2n) is 4.82. The maximum Gasteiger partial charge on any atom is 0.123 e. The number of nitrogens with one attached hydrogen (secondary N) is 1. The van der Waals surface area contributed by atoms with Crippen LogP contribution in [0.1, 0.15) is 24.0 Å². The standard InChI is InChI=1S/C14H18FN3/c1-18-6-2-3-14(18)10-17-9-12-7-13(15)5-4-11(12)8-16/h4-5,7,14,17H,2-3,6,9-10H2,1H3. The molecule has 1 saturated heterocycles. The smallest absolute Gasteiger partial charge is 0.123 e. The van der Waals surface area contributed by atoms with Crippen LogP contribution >= 0.6 is 0 Å². The summed E-state index contributed by atoms with van der Waals surface area (Å²) in [6.45, 7) is 2.58. The van der Waals surface area contributed by atoms with Crippen LogP contribution in [-0.4, -0.2) is 31.1 Å². The summed E-state index contributed by atoms with van der Waals surface area (Å²) in [5.41, 5.74) is 1.28. The summed E-state index contributed by atoms with van der Waals surface area (Å²) in [5, 5.41) is 12.3. The number of nitriles is 1. The second-order valence-corrected chi connectivity index (χ2v) is 4.82. The predicted molar refractivity (Wildman–Crippen MR) is 68.5 cm³/mol. The van der Waals surface area contributed by atoms with E-state index in [-0.39, 0.29) is 5.82 Å². The van der Waals surface area contributed by atoms with E-state index >= 15 is 0 Å². The third-order valence-corrected chi connectivity index (χ3v) is 3.55. The molecule has 1 aromatic rings. The first-order valence-corrected chi connectivity index (χ1v) is 6.30. The van der Waals surface area contributed by atoms with E-state index in [0.717, 1.165) is 18.7 Å². The van der Waals surface area contributed by atoms with Crippen molar-refractivity contribution in [1.29, 1.82) is 5.26 Å². The molecule has 1 aliphatic heterocycles. The Kier molecular flexibility index (Phi) is 4.29. The molecule has 1 heterocycles. The van der Waals surface area contributed by atoms with Gasteiger partial charge in [0.2, 0.25) is 0 Å². The number of likely N-dealkylation sites (N-methyl/N-ethyl adjacent to an activating group) is 1. The fraction of sp³-hybridized carbons (Fsp3) is 0.500. The number of halogens is 1. The molecular weight excluding hydrogens is 229 g/mol. The molecule has 0 amide bonds. The van der Waals surface area contributed by atoms with Crippen molar-refractivity contribution in [2.75, 3.05) is 20.1 Å². The number of nitrogens with zero attached hydrogens (tertiary/aromatic N) is 2. The largest absolute Gasteiger partial charge is 0.311 e. The molecule has 0 aliphatic carbocycles. The SMILES string of the molecule is CN1CCCC1CNCc1cc(F)ccc1C#N. The summed E-state index contributed by atoms with van der Waals surface area (Å²) >= 11 is 0. The Hall–Kier alpha value is -1.44. The fourth-order valence-electron chi connectivity index (χ4n) is 2.43. The van der Waals surface area contributed by atoms with Gasteiger partial charge in [-0.1, -0.05) is 0 Å². The zero-order chi connectivity index (χ0) is 13.0. The first kappa shape index (κ1) is 13.0. The molecule has 2 rings (SSSR count). The van der Waals surface area contributed by atoms with E-state index in [0.29, 0.717) is 18.2 Å². The highest BCUT2D eigenvalue weighted by Crippen LogP contribution is 2.14. The topological polar surface area (TPSA) is 39.1 Å². The molecule has 1 aromatic carbocycles. The molecule has 1 aliphatic rings. The van der Waals surface area contributed by atoms with Crippen LogP contribution in [0.4, 0.5) is 4.39 Å². The lowest BCUT2D eigenvalue weighted by Gasteiger charge is -2.19. The van der Waals surface area contributed by atoms with Crippen LogP contribution in [0.2, 0.25) is 0 Å². The van der Waals surface area contributed by atoms with Crippen molar-refractivity contribution in [2.45, 2.75) is 25.4 Å². The van der Waals surface area contributed by atoms with E-state index in [9.17, 15) is 4.39 Å². The Morgan fingerprint density at radius 3 is 3.06 bits per heavy atom. The first-order chi connectivity index (χ1) is 8.70. The number of rotatable bonds is 4. The summed E-state index contributed by atoms with van der Waals surface area (Å²) in [6.07, 6.45) is 2.45. The molecule has 1 unspecified atom stereocenters. The minimum atomic E-state index is -0.288. The lowest BCUT2D eigenvalue weighted by Crippen LogP contribution is -2.35. The van der Waals surface area contributed by atoms with Gasteiger partial charge in [-0.25, -0.2) is 4.39 Å². The minimum absolute atomic E-state index is 0.288. The molecule has 96 valence electrons. The van der Waals surface area contributed by atoms with E-state index in [1.165, 1.54) is 31.0 Å². The van der Waals surface area contributed by atoms with Crippen molar-refractivity contribution in [3.05, 3.63) is 35.1 Å². The Morgan fingerprint density at radius 2 is 2.39 bits per heavy atom. The number of benzene rings is 1. The van der Waals surface area contributed by atoms with Gasteiger partial charge in [0.25, 0.3) is 0 Å². The number of likely N-dealkylation sites (tertiary alicyclic amines) is 1. The van der Waals surface area contributed by atoms with E-state index in [1.807, 2.05) is 0 Å². The van der Waals surface area contributed by atoms with Crippen LogP contribution in [-0.2, 0) is 6.54 Å². The second kappa shape index (κ2) is 5.94. The Morgan fingerprint density at radius 1 is 1.56 bits per heavy atom. The lowest BCUT2D eigenvalue weighted by atomic mass is 10.1. The van der Waals surface area contributed by atoms with Gasteiger partial charge >= 0.3 is 0 Å². The highest BCUT2D eigenvalue weighted by Gasteiger charge is 2.19. The zero-order valence-electron chi connectivity index (χ0n) is 10.6. The molecule has 3 nitrogen and oxygen atoms in total. The third-order valence-electron chi connectivity index (χ3n) is 3.55. The summed E-state index contributed by atoms with van der Waals surface area (Å²) in [7, 11) is 2.13. The van der Waals surface area contributed by atoms with Gasteiger partial charge in [-0.3, -0.25) is 0 Å². The van der Waals surface area contributed by atoms with Crippen molar-refractivity contribution < 1.29 is 4.39 Å². The van der Waals surface area contributed by atoms with Crippen molar-refractivity contribution >= 4 is 0 Å². The van der Waals surface area contributed by atoms with Gasteiger partial charge in [0, 0.05) is 19.1 Å². The quantitative estimate of drug-likeness (QED) is 0.883. The summed E-state index contributed by atoms with van der Waals surface area (Å²) in [5.74, 6) is -0.288. The highest BCUT2D eigenvalue weighted by atomic mass is 19.1. The van der Waals surface area contributed by atoms with Crippen molar-refractivity contribution in [2.24, 2.45) is 0 Å². The lowest BCUT2D eigenvalue weighted by molar-refractivity contribution is 0.300. The van der Waals surface area contributed by atoms with Gasteiger partial charge in [0.1, 0.15) is 5.82 Å². The van der Waals surface area contributed by atoms with Crippen LogP contribution < -0.4 is 5.32 Å². The third kappa shape index (κ3) is 3.06. The molecule has 0 radical (unpaired) electrons. The van der Waals surface area contributed by atoms with Gasteiger partial charge in [-0.05, 0) is 50.2 Å². The normalized spacial score (nSPS) is 19.9. The summed E-state index contributed by atoms with van der Waals surface area (Å²) < 4.78 is 13.1. The molecule has 1 atom stereocenters. The van der Waals surface area contributed by atoms with Crippen molar-refractivity contribution in [3.63, 3.8) is 0 Å². The average Bonchev–Trinajstić information content (AvgIpc) is 2.76. The van der Waals surface area contributed by atoms with Crippen LogP contribution in [0.3, 0.4) is 0 Å². The van der Waals surface area contributed by atoms with E-state index in [4.69, 9.17) is 5.26 Å². The maximum atomic E-state index is 13.1. The Balaban J connectivity index is 1.90. The monoisotopic (exact) mass is 247 g/mol. The van der Waals surface area contributed by atoms with Crippen LogP contribution in [0, 0.1) is 17.1 Å². The Bertz CT molecular complexity index is 453. The molecule has 0 spiro atoms. The summed E-state index contributed by atoms with van der Waals surface area (Å²) in [4.78, 5) is 2.34. The van der Waals surface area contributed by atoms with Crippen LogP contribution in [0.15, 0.2) is 18.2 Å². The van der Waals surface area contributed by atoms with E-state index in [1.54, 1.807) is 0 Å². The zero-order valence-corrected chi connectivity index (χ0v) is 10.6. The van der Waals surface area contributed by atoms with E-state index in [2.05, 4.69) is 23.3 Å². The van der Waals surface area contributed by atoms with E-state index < -0.39 is 0 Å². The average molecular weight is 247 g/mol. The first-order valence-electron chi connectivity index (χ1n) is 6.30. The molecule has 18 heavy (non-hydrogen) atoms. The molecule has 0 saturated carbocycles. The molecular formula is C14H18FN3. The van der Waals surface area contributed by atoms with Gasteiger partial charge in [0.15, 0.2) is 0 Å². The van der Waals surface area contributed by atoms with Crippen molar-refractivity contribution in [3.8, 4) is 6.07 Å².